The van der Waals surface area contributed by atoms with Gasteiger partial charge in [-0.05, 0) is 18.2 Å². The summed E-state index contributed by atoms with van der Waals surface area (Å²) in [6, 6.07) is 4.75. The van der Waals surface area contributed by atoms with Gasteiger partial charge in [0.25, 0.3) is 0 Å². The molecular formula is C11H8Cl2N4O2. The largest absolute Gasteiger partial charge is 0.324 e. The standard InChI is InChI=1S/C11H8Cl2N4O2/c12-9-2-1-7(3-10(9)13)14-11(19)5-17-4-8(6-18)15-16-17/h1-4,6H,5H2,(H,14,19). The van der Waals surface area contributed by atoms with E-state index in [9.17, 15) is 9.59 Å². The summed E-state index contributed by atoms with van der Waals surface area (Å²) >= 11 is 11.6. The van der Waals surface area contributed by atoms with E-state index in [0.29, 0.717) is 22.0 Å². The molecule has 2 rings (SSSR count). The third-order valence-electron chi connectivity index (χ3n) is 2.19. The summed E-state index contributed by atoms with van der Waals surface area (Å²) in [5.74, 6) is -0.319. The molecule has 8 heteroatoms. The molecular weight excluding hydrogens is 291 g/mol. The van der Waals surface area contributed by atoms with Gasteiger partial charge in [0.2, 0.25) is 5.91 Å². The van der Waals surface area contributed by atoms with E-state index in [2.05, 4.69) is 15.6 Å². The number of benzene rings is 1. The molecule has 0 aliphatic carbocycles. The molecule has 0 aliphatic rings. The maximum Gasteiger partial charge on any atom is 0.246 e. The lowest BCUT2D eigenvalue weighted by molar-refractivity contribution is -0.116. The monoisotopic (exact) mass is 298 g/mol. The van der Waals surface area contributed by atoms with Gasteiger partial charge in [-0.2, -0.15) is 0 Å². The fraction of sp³-hybridized carbons (Fsp3) is 0.0909. The zero-order chi connectivity index (χ0) is 13.8. The van der Waals surface area contributed by atoms with E-state index in [1.54, 1.807) is 18.2 Å². The van der Waals surface area contributed by atoms with Crippen LogP contribution in [0.4, 0.5) is 5.69 Å². The lowest BCUT2D eigenvalue weighted by Crippen LogP contribution is -2.19. The Labute approximate surface area is 118 Å². The Morgan fingerprint density at radius 3 is 2.79 bits per heavy atom. The molecule has 0 saturated heterocycles. The second-order valence-corrected chi connectivity index (χ2v) is 4.45. The molecule has 6 nitrogen and oxygen atoms in total. The van der Waals surface area contributed by atoms with Crippen LogP contribution in [-0.4, -0.2) is 27.2 Å². The van der Waals surface area contributed by atoms with Gasteiger partial charge in [-0.3, -0.25) is 9.59 Å². The first-order valence-corrected chi connectivity index (χ1v) is 5.94. The van der Waals surface area contributed by atoms with Crippen molar-refractivity contribution in [3.05, 3.63) is 40.1 Å². The van der Waals surface area contributed by atoms with Gasteiger partial charge in [0.15, 0.2) is 6.29 Å². The van der Waals surface area contributed by atoms with Crippen molar-refractivity contribution in [1.29, 1.82) is 0 Å². The van der Waals surface area contributed by atoms with Crippen molar-refractivity contribution in [3.8, 4) is 0 Å². The Morgan fingerprint density at radius 2 is 2.16 bits per heavy atom. The van der Waals surface area contributed by atoms with Crippen molar-refractivity contribution in [1.82, 2.24) is 15.0 Å². The zero-order valence-corrected chi connectivity index (χ0v) is 11.0. The van der Waals surface area contributed by atoms with E-state index in [1.165, 1.54) is 10.9 Å². The van der Waals surface area contributed by atoms with Gasteiger partial charge in [0.05, 0.1) is 16.2 Å². The maximum absolute atomic E-state index is 11.7. The Morgan fingerprint density at radius 1 is 1.37 bits per heavy atom. The minimum atomic E-state index is -0.319. The van der Waals surface area contributed by atoms with Crippen LogP contribution in [0.1, 0.15) is 10.5 Å². The highest BCUT2D eigenvalue weighted by Crippen LogP contribution is 2.24. The topological polar surface area (TPSA) is 76.9 Å². The molecule has 0 radical (unpaired) electrons. The lowest BCUT2D eigenvalue weighted by Gasteiger charge is -2.05. The smallest absolute Gasteiger partial charge is 0.246 e. The molecule has 0 spiro atoms. The van der Waals surface area contributed by atoms with Gasteiger partial charge in [-0.15, -0.1) is 5.10 Å². The van der Waals surface area contributed by atoms with Crippen LogP contribution in [0.3, 0.4) is 0 Å². The van der Waals surface area contributed by atoms with Crippen LogP contribution in [-0.2, 0) is 11.3 Å². The summed E-state index contributed by atoms with van der Waals surface area (Å²) in [6.07, 6.45) is 1.93. The first-order valence-electron chi connectivity index (χ1n) is 5.18. The molecule has 1 aromatic heterocycles. The zero-order valence-electron chi connectivity index (χ0n) is 9.51. The maximum atomic E-state index is 11.7. The number of rotatable bonds is 4. The average molecular weight is 299 g/mol. The van der Waals surface area contributed by atoms with E-state index in [-0.39, 0.29) is 18.1 Å². The van der Waals surface area contributed by atoms with Gasteiger partial charge in [-0.25, -0.2) is 4.68 Å². The van der Waals surface area contributed by atoms with E-state index >= 15 is 0 Å². The number of carbonyl (C=O) groups is 2. The number of amides is 1. The number of halogens is 2. The SMILES string of the molecule is O=Cc1cn(CC(=O)Nc2ccc(Cl)c(Cl)c2)nn1. The Hall–Kier alpha value is -1.92. The molecule has 0 unspecified atom stereocenters. The third-order valence-corrected chi connectivity index (χ3v) is 2.93. The molecule has 1 amide bonds. The van der Waals surface area contributed by atoms with Gasteiger partial charge in [0, 0.05) is 5.69 Å². The minimum Gasteiger partial charge on any atom is -0.324 e. The second kappa shape index (κ2) is 5.81. The highest BCUT2D eigenvalue weighted by molar-refractivity contribution is 6.42. The summed E-state index contributed by atoms with van der Waals surface area (Å²) in [6.45, 7) is -0.0545. The number of anilines is 1. The summed E-state index contributed by atoms with van der Waals surface area (Å²) in [7, 11) is 0. The highest BCUT2D eigenvalue weighted by atomic mass is 35.5. The number of nitrogens with one attached hydrogen (secondary N) is 1. The molecule has 1 aromatic carbocycles. The van der Waals surface area contributed by atoms with E-state index in [4.69, 9.17) is 23.2 Å². The van der Waals surface area contributed by atoms with Gasteiger partial charge >= 0.3 is 0 Å². The van der Waals surface area contributed by atoms with Crippen LogP contribution in [0.15, 0.2) is 24.4 Å². The number of hydrogen-bond acceptors (Lipinski definition) is 4. The minimum absolute atomic E-state index is 0.0545. The summed E-state index contributed by atoms with van der Waals surface area (Å²) in [5, 5.41) is 10.6. The molecule has 0 fully saturated rings. The Balaban J connectivity index is 2.00. The van der Waals surface area contributed by atoms with Crippen LogP contribution in [0.5, 0.6) is 0 Å². The van der Waals surface area contributed by atoms with Crippen LogP contribution in [0.25, 0.3) is 0 Å². The number of aromatic nitrogens is 3. The quantitative estimate of drug-likeness (QED) is 0.876. The number of carbonyl (C=O) groups excluding carboxylic acids is 2. The molecule has 0 bridgehead atoms. The van der Waals surface area contributed by atoms with Crippen LogP contribution < -0.4 is 5.32 Å². The van der Waals surface area contributed by atoms with Crippen molar-refractivity contribution < 1.29 is 9.59 Å². The highest BCUT2D eigenvalue weighted by Gasteiger charge is 2.07. The average Bonchev–Trinajstić information content (AvgIpc) is 2.81. The predicted octanol–water partition coefficient (Wildman–Crippen LogP) is 2.04. The molecule has 19 heavy (non-hydrogen) atoms. The third kappa shape index (κ3) is 3.52. The first kappa shape index (κ1) is 13.5. The van der Waals surface area contributed by atoms with Gasteiger partial charge in [-0.1, -0.05) is 28.4 Å². The molecule has 1 heterocycles. The summed E-state index contributed by atoms with van der Waals surface area (Å²) in [5.41, 5.74) is 0.692. The van der Waals surface area contributed by atoms with Gasteiger partial charge < -0.3 is 5.32 Å². The summed E-state index contributed by atoms with van der Waals surface area (Å²) in [4.78, 5) is 22.1. The molecule has 1 N–H and O–H groups in total. The lowest BCUT2D eigenvalue weighted by atomic mass is 10.3. The van der Waals surface area contributed by atoms with Crippen molar-refractivity contribution in [2.75, 3.05) is 5.32 Å². The second-order valence-electron chi connectivity index (χ2n) is 3.64. The number of nitrogens with zero attached hydrogens (tertiary/aromatic N) is 3. The van der Waals surface area contributed by atoms with Crippen LogP contribution in [0.2, 0.25) is 10.0 Å². The fourth-order valence-corrected chi connectivity index (χ4v) is 1.66. The van der Waals surface area contributed by atoms with Crippen LogP contribution in [0, 0.1) is 0 Å². The summed E-state index contributed by atoms with van der Waals surface area (Å²) < 4.78 is 1.26. The van der Waals surface area contributed by atoms with Crippen LogP contribution >= 0.6 is 23.2 Å². The molecule has 0 saturated carbocycles. The van der Waals surface area contributed by atoms with Crippen molar-refractivity contribution in [2.45, 2.75) is 6.54 Å². The number of hydrogen-bond donors (Lipinski definition) is 1. The molecule has 98 valence electrons. The molecule has 0 aliphatic heterocycles. The fourth-order valence-electron chi connectivity index (χ4n) is 1.37. The Bertz CT molecular complexity index is 627. The normalized spacial score (nSPS) is 10.2. The van der Waals surface area contributed by atoms with E-state index < -0.39 is 0 Å². The van der Waals surface area contributed by atoms with Crippen molar-refractivity contribution in [2.24, 2.45) is 0 Å². The van der Waals surface area contributed by atoms with Crippen molar-refractivity contribution in [3.63, 3.8) is 0 Å². The number of aldehydes is 1. The first-order chi connectivity index (χ1) is 9.08. The predicted molar refractivity (Wildman–Crippen MR) is 70.5 cm³/mol. The Kier molecular flexibility index (Phi) is 4.13. The van der Waals surface area contributed by atoms with E-state index in [0.717, 1.165) is 0 Å². The van der Waals surface area contributed by atoms with Crippen molar-refractivity contribution >= 4 is 41.1 Å². The van der Waals surface area contributed by atoms with E-state index in [1.807, 2.05) is 0 Å². The molecule has 2 aromatic rings. The van der Waals surface area contributed by atoms with Gasteiger partial charge in [0.1, 0.15) is 12.2 Å². The molecule has 0 atom stereocenters.